The molecule has 0 spiro atoms. The van der Waals surface area contributed by atoms with Gasteiger partial charge in [0, 0.05) is 0 Å². The van der Waals surface area contributed by atoms with Crippen LogP contribution in [-0.2, 0) is 0 Å². The van der Waals surface area contributed by atoms with E-state index in [1.54, 1.807) is 48.5 Å². The number of carbonyl (C=O) groups excluding carboxylic acids is 2. The second kappa shape index (κ2) is 6.95. The molecule has 6 heteroatoms. The number of para-hydroxylation sites is 1. The maximum Gasteiger partial charge on any atom is 0.458 e. The number of hydrogen-bond donors (Lipinski definition) is 0. The molecule has 0 heterocycles. The minimum atomic E-state index is -0.998. The lowest BCUT2D eigenvalue weighted by Crippen LogP contribution is -2.05. The number of azo groups is 1. The summed E-state index contributed by atoms with van der Waals surface area (Å²) in [5, 5.41) is 6.26. The molecule has 2 aromatic rings. The van der Waals surface area contributed by atoms with Crippen LogP contribution in [0.3, 0.4) is 0 Å². The number of carbonyl (C=O) groups is 2. The molecule has 106 valence electrons. The maximum absolute atomic E-state index is 11.4. The van der Waals surface area contributed by atoms with E-state index in [0.717, 1.165) is 5.56 Å². The SMILES string of the molecule is Cc1cccc(OC(=O)N=NC(=O)Oc2ccccc2)c1. The number of benzene rings is 2. The normalized spacial score (nSPS) is 10.3. The van der Waals surface area contributed by atoms with E-state index >= 15 is 0 Å². The van der Waals surface area contributed by atoms with Gasteiger partial charge in [-0.25, -0.2) is 9.59 Å². The van der Waals surface area contributed by atoms with E-state index in [1.165, 1.54) is 0 Å². The first kappa shape index (κ1) is 14.4. The predicted molar refractivity (Wildman–Crippen MR) is 74.5 cm³/mol. The fourth-order valence-electron chi connectivity index (χ4n) is 1.49. The van der Waals surface area contributed by atoms with Gasteiger partial charge < -0.3 is 9.47 Å². The minimum absolute atomic E-state index is 0.313. The Kier molecular flexibility index (Phi) is 4.76. The molecule has 0 fully saturated rings. The van der Waals surface area contributed by atoms with E-state index < -0.39 is 12.2 Å². The zero-order chi connectivity index (χ0) is 15.1. The van der Waals surface area contributed by atoms with Crippen molar-refractivity contribution >= 4 is 12.2 Å². The van der Waals surface area contributed by atoms with Gasteiger partial charge in [-0.15, -0.1) is 0 Å². The Morgan fingerprint density at radius 1 is 0.810 bits per heavy atom. The molecule has 21 heavy (non-hydrogen) atoms. The summed E-state index contributed by atoms with van der Waals surface area (Å²) in [5.74, 6) is 0.642. The fourth-order valence-corrected chi connectivity index (χ4v) is 1.49. The monoisotopic (exact) mass is 284 g/mol. The molecule has 0 radical (unpaired) electrons. The molecule has 0 aromatic heterocycles. The highest BCUT2D eigenvalue weighted by molar-refractivity contribution is 5.75. The lowest BCUT2D eigenvalue weighted by molar-refractivity contribution is 0.200. The van der Waals surface area contributed by atoms with E-state index in [-0.39, 0.29) is 0 Å². The van der Waals surface area contributed by atoms with Gasteiger partial charge in [0.15, 0.2) is 0 Å². The van der Waals surface area contributed by atoms with Crippen molar-refractivity contribution in [3.8, 4) is 11.5 Å². The van der Waals surface area contributed by atoms with Crippen LogP contribution >= 0.6 is 0 Å². The highest BCUT2D eigenvalue weighted by Gasteiger charge is 2.06. The first-order chi connectivity index (χ1) is 10.1. The molecule has 0 atom stereocenters. The van der Waals surface area contributed by atoms with Crippen LogP contribution in [0.15, 0.2) is 64.8 Å². The number of ether oxygens (including phenoxy) is 2. The summed E-state index contributed by atoms with van der Waals surface area (Å²) in [6.45, 7) is 1.86. The fraction of sp³-hybridized carbons (Fsp3) is 0.0667. The third-order valence-corrected chi connectivity index (χ3v) is 2.36. The van der Waals surface area contributed by atoms with Crippen molar-refractivity contribution in [2.75, 3.05) is 0 Å². The molecule has 0 bridgehead atoms. The predicted octanol–water partition coefficient (Wildman–Crippen LogP) is 4.15. The third kappa shape index (κ3) is 4.87. The van der Waals surface area contributed by atoms with Crippen LogP contribution in [0.5, 0.6) is 11.5 Å². The molecule has 0 aliphatic carbocycles. The number of nitrogens with zero attached hydrogens (tertiary/aromatic N) is 2. The molecule has 0 unspecified atom stereocenters. The first-order valence-electron chi connectivity index (χ1n) is 6.10. The van der Waals surface area contributed by atoms with Crippen molar-refractivity contribution in [1.82, 2.24) is 0 Å². The Morgan fingerprint density at radius 2 is 1.38 bits per heavy atom. The molecule has 6 nitrogen and oxygen atoms in total. The van der Waals surface area contributed by atoms with Crippen LogP contribution in [0.1, 0.15) is 5.56 Å². The summed E-state index contributed by atoms with van der Waals surface area (Å²) in [7, 11) is 0. The van der Waals surface area contributed by atoms with Crippen molar-refractivity contribution in [3.63, 3.8) is 0 Å². The Bertz CT molecular complexity index is 668. The van der Waals surface area contributed by atoms with Gasteiger partial charge >= 0.3 is 12.2 Å². The van der Waals surface area contributed by atoms with Crippen LogP contribution in [0.25, 0.3) is 0 Å². The molecule has 0 aliphatic heterocycles. The van der Waals surface area contributed by atoms with E-state index in [9.17, 15) is 9.59 Å². The van der Waals surface area contributed by atoms with E-state index in [0.29, 0.717) is 11.5 Å². The van der Waals surface area contributed by atoms with Crippen LogP contribution in [0.2, 0.25) is 0 Å². The van der Waals surface area contributed by atoms with Gasteiger partial charge in [0.25, 0.3) is 0 Å². The van der Waals surface area contributed by atoms with Gasteiger partial charge in [-0.1, -0.05) is 40.6 Å². The molecule has 2 amide bonds. The average Bonchev–Trinajstić information content (AvgIpc) is 2.46. The van der Waals surface area contributed by atoms with Crippen LogP contribution < -0.4 is 9.47 Å². The highest BCUT2D eigenvalue weighted by Crippen LogP contribution is 2.13. The van der Waals surface area contributed by atoms with Crippen LogP contribution in [-0.4, -0.2) is 12.2 Å². The largest absolute Gasteiger partial charge is 0.458 e. The smallest absolute Gasteiger partial charge is 0.408 e. The zero-order valence-electron chi connectivity index (χ0n) is 11.2. The zero-order valence-corrected chi connectivity index (χ0v) is 11.2. The van der Waals surface area contributed by atoms with Crippen molar-refractivity contribution < 1.29 is 19.1 Å². The summed E-state index contributed by atoms with van der Waals surface area (Å²) in [4.78, 5) is 22.7. The second-order valence-electron chi connectivity index (χ2n) is 4.07. The number of amides is 2. The number of hydrogen-bond acceptors (Lipinski definition) is 4. The van der Waals surface area contributed by atoms with E-state index in [4.69, 9.17) is 9.47 Å². The van der Waals surface area contributed by atoms with Gasteiger partial charge in [-0.05, 0) is 36.8 Å². The molecule has 0 saturated carbocycles. The Labute approximate surface area is 121 Å². The lowest BCUT2D eigenvalue weighted by atomic mass is 10.2. The summed E-state index contributed by atoms with van der Waals surface area (Å²) >= 11 is 0. The Hall–Kier alpha value is -3.02. The van der Waals surface area contributed by atoms with E-state index in [1.807, 2.05) is 13.0 Å². The second-order valence-corrected chi connectivity index (χ2v) is 4.07. The van der Waals surface area contributed by atoms with Crippen molar-refractivity contribution in [3.05, 3.63) is 60.2 Å². The molecule has 0 aliphatic rings. The average molecular weight is 284 g/mol. The van der Waals surface area contributed by atoms with Crippen molar-refractivity contribution in [1.29, 1.82) is 0 Å². The number of aryl methyl sites for hydroxylation is 1. The summed E-state index contributed by atoms with van der Waals surface area (Å²) in [6.07, 6.45) is -1.99. The van der Waals surface area contributed by atoms with E-state index in [2.05, 4.69) is 10.2 Å². The lowest BCUT2D eigenvalue weighted by Gasteiger charge is -2.00. The first-order valence-corrected chi connectivity index (χ1v) is 6.10. The van der Waals surface area contributed by atoms with Crippen molar-refractivity contribution in [2.24, 2.45) is 10.2 Å². The summed E-state index contributed by atoms with van der Waals surface area (Å²) in [5.41, 5.74) is 0.931. The van der Waals surface area contributed by atoms with Gasteiger partial charge in [0.1, 0.15) is 11.5 Å². The standard InChI is InChI=1S/C15H12N2O4/c1-11-6-5-9-13(10-11)21-15(19)17-16-14(18)20-12-7-3-2-4-8-12/h2-10H,1H3. The minimum Gasteiger partial charge on any atom is -0.408 e. The summed E-state index contributed by atoms with van der Waals surface area (Å²) in [6, 6.07) is 15.2. The third-order valence-electron chi connectivity index (χ3n) is 2.36. The molecule has 0 saturated heterocycles. The van der Waals surface area contributed by atoms with Crippen LogP contribution in [0.4, 0.5) is 9.59 Å². The van der Waals surface area contributed by atoms with Gasteiger partial charge in [-0.3, -0.25) is 0 Å². The van der Waals surface area contributed by atoms with Crippen LogP contribution in [0, 0.1) is 6.92 Å². The van der Waals surface area contributed by atoms with Crippen molar-refractivity contribution in [2.45, 2.75) is 6.92 Å². The number of rotatable bonds is 2. The van der Waals surface area contributed by atoms with Gasteiger partial charge in [-0.2, -0.15) is 0 Å². The maximum atomic E-state index is 11.4. The van der Waals surface area contributed by atoms with Gasteiger partial charge in [0.05, 0.1) is 0 Å². The molecular weight excluding hydrogens is 272 g/mol. The molecule has 0 N–H and O–H groups in total. The quantitative estimate of drug-likeness (QED) is 0.776. The summed E-state index contributed by atoms with van der Waals surface area (Å²) < 4.78 is 9.72. The molecule has 2 aromatic carbocycles. The van der Waals surface area contributed by atoms with Gasteiger partial charge in [0.2, 0.25) is 0 Å². The Morgan fingerprint density at radius 3 is 2.00 bits per heavy atom. The topological polar surface area (TPSA) is 77.3 Å². The molecular formula is C15H12N2O4. The highest BCUT2D eigenvalue weighted by atomic mass is 16.6. The Balaban J connectivity index is 1.88. The molecule has 2 rings (SSSR count).